The molecule has 0 radical (unpaired) electrons. The Labute approximate surface area is 207 Å². The molecule has 0 bridgehead atoms. The normalized spacial score (nSPS) is 23.2. The van der Waals surface area contributed by atoms with E-state index in [0.29, 0.717) is 17.8 Å². The summed E-state index contributed by atoms with van der Waals surface area (Å²) in [6.07, 6.45) is 7.38. The van der Waals surface area contributed by atoms with E-state index >= 15 is 0 Å². The Kier molecular flexibility index (Phi) is 6.64. The summed E-state index contributed by atoms with van der Waals surface area (Å²) in [5.74, 6) is -1.44. The van der Waals surface area contributed by atoms with Crippen LogP contribution in [0.2, 0.25) is 0 Å². The quantitative estimate of drug-likeness (QED) is 0.326. The third-order valence-corrected chi connectivity index (χ3v) is 8.66. The number of allylic oxidation sites excluding steroid dienone is 1. The maximum absolute atomic E-state index is 13.8. The molecule has 2 aliphatic carbocycles. The molecule has 0 spiro atoms. The molecule has 1 unspecified atom stereocenters. The minimum absolute atomic E-state index is 0.0318. The summed E-state index contributed by atoms with van der Waals surface area (Å²) in [6.45, 7) is 8.80. The molecular weight excluding hydrogens is 444 g/mol. The zero-order chi connectivity index (χ0) is 25.5. The summed E-state index contributed by atoms with van der Waals surface area (Å²) < 4.78 is 4.72. The minimum Gasteiger partial charge on any atom is -0.465 e. The van der Waals surface area contributed by atoms with Crippen LogP contribution in [0, 0.1) is 16.7 Å². The van der Waals surface area contributed by atoms with Crippen LogP contribution in [0.3, 0.4) is 0 Å². The fourth-order valence-corrected chi connectivity index (χ4v) is 5.79. The monoisotopic (exact) mass is 480 g/mol. The van der Waals surface area contributed by atoms with Gasteiger partial charge in [0, 0.05) is 12.5 Å². The Balaban J connectivity index is 1.58. The zero-order valence-electron chi connectivity index (χ0n) is 21.4. The molecule has 4 rings (SSSR count). The van der Waals surface area contributed by atoms with E-state index in [1.807, 2.05) is 0 Å². The van der Waals surface area contributed by atoms with Gasteiger partial charge in [-0.25, -0.2) is 9.69 Å². The number of carbonyl (C=O) groups is 4. The second kappa shape index (κ2) is 9.25. The lowest BCUT2D eigenvalue weighted by molar-refractivity contribution is -0.140. The number of benzene rings is 1. The molecular formula is C28H36N2O5. The van der Waals surface area contributed by atoms with Crippen LogP contribution in [-0.2, 0) is 19.1 Å². The number of amides is 3. The zero-order valence-corrected chi connectivity index (χ0v) is 21.4. The third kappa shape index (κ3) is 4.41. The fraction of sp³-hybridized carbons (Fsp3) is 0.571. The molecule has 7 heteroatoms. The fourth-order valence-electron chi connectivity index (χ4n) is 5.79. The van der Waals surface area contributed by atoms with Gasteiger partial charge in [-0.15, -0.1) is 0 Å². The van der Waals surface area contributed by atoms with Gasteiger partial charge in [-0.3, -0.25) is 14.4 Å². The first-order valence-corrected chi connectivity index (χ1v) is 12.5. The van der Waals surface area contributed by atoms with Gasteiger partial charge in [-0.05, 0) is 67.2 Å². The molecule has 1 saturated heterocycles. The number of imide groups is 1. The maximum atomic E-state index is 13.8. The van der Waals surface area contributed by atoms with Gasteiger partial charge in [-0.2, -0.15) is 0 Å². The number of nitrogens with zero attached hydrogens (tertiary/aromatic N) is 2. The summed E-state index contributed by atoms with van der Waals surface area (Å²) in [5, 5.41) is 0. The smallest absolute Gasteiger partial charge is 0.337 e. The molecule has 1 aliphatic heterocycles. The van der Waals surface area contributed by atoms with Crippen LogP contribution in [-0.4, -0.2) is 48.3 Å². The summed E-state index contributed by atoms with van der Waals surface area (Å²) >= 11 is 0. The molecule has 0 N–H and O–H groups in total. The topological polar surface area (TPSA) is 84.0 Å². The first-order valence-electron chi connectivity index (χ1n) is 12.5. The van der Waals surface area contributed by atoms with E-state index in [9.17, 15) is 19.2 Å². The summed E-state index contributed by atoms with van der Waals surface area (Å²) in [5.41, 5.74) is 1.73. The van der Waals surface area contributed by atoms with Gasteiger partial charge in [0.05, 0.1) is 24.8 Å². The lowest BCUT2D eigenvalue weighted by Gasteiger charge is -2.29. The first-order chi connectivity index (χ1) is 16.5. The second-order valence-electron chi connectivity index (χ2n) is 11.1. The van der Waals surface area contributed by atoms with Gasteiger partial charge < -0.3 is 9.64 Å². The molecule has 3 amide bonds. The molecule has 35 heavy (non-hydrogen) atoms. The number of rotatable bonds is 7. The number of anilines is 1. The molecule has 1 atom stereocenters. The van der Waals surface area contributed by atoms with Gasteiger partial charge in [0.15, 0.2) is 0 Å². The van der Waals surface area contributed by atoms with Crippen molar-refractivity contribution in [1.82, 2.24) is 4.90 Å². The van der Waals surface area contributed by atoms with Crippen molar-refractivity contribution in [2.75, 3.05) is 18.6 Å². The van der Waals surface area contributed by atoms with E-state index in [2.05, 4.69) is 33.8 Å². The van der Waals surface area contributed by atoms with Crippen molar-refractivity contribution in [3.8, 4) is 0 Å². The van der Waals surface area contributed by atoms with Crippen molar-refractivity contribution in [2.45, 2.75) is 72.3 Å². The number of hydrogen-bond acceptors (Lipinski definition) is 5. The van der Waals surface area contributed by atoms with Crippen LogP contribution in [0.25, 0.3) is 0 Å². The maximum Gasteiger partial charge on any atom is 0.337 e. The minimum atomic E-state index is -0.813. The van der Waals surface area contributed by atoms with Crippen LogP contribution in [0.15, 0.2) is 35.9 Å². The van der Waals surface area contributed by atoms with Gasteiger partial charge in [-0.1, -0.05) is 39.3 Å². The van der Waals surface area contributed by atoms with E-state index in [1.54, 1.807) is 17.0 Å². The summed E-state index contributed by atoms with van der Waals surface area (Å²) in [6, 6.07) is 5.38. The largest absolute Gasteiger partial charge is 0.465 e. The SMILES string of the molecule is COC(=O)c1ccc(N2C(=O)CC(N(CCC3=CCCCC3)C(=O)C3C(C)(C)C3(C)C)C2=O)cc1. The van der Waals surface area contributed by atoms with Gasteiger partial charge in [0.2, 0.25) is 11.8 Å². The average molecular weight is 481 g/mol. The van der Waals surface area contributed by atoms with Gasteiger partial charge in [0.25, 0.3) is 5.91 Å². The average Bonchev–Trinajstić information content (AvgIpc) is 3.07. The predicted octanol–water partition coefficient (Wildman–Crippen LogP) is 4.51. The Bertz CT molecular complexity index is 1060. The van der Waals surface area contributed by atoms with E-state index in [-0.39, 0.29) is 40.9 Å². The second-order valence-corrected chi connectivity index (χ2v) is 11.1. The van der Waals surface area contributed by atoms with Gasteiger partial charge in [0.1, 0.15) is 6.04 Å². The van der Waals surface area contributed by atoms with E-state index in [1.165, 1.54) is 31.2 Å². The molecule has 1 saturated carbocycles. The van der Waals surface area contributed by atoms with Crippen molar-refractivity contribution in [1.29, 1.82) is 0 Å². The molecule has 3 aliphatic rings. The first kappa shape index (κ1) is 25.1. The Morgan fingerprint density at radius 1 is 1.06 bits per heavy atom. The highest BCUT2D eigenvalue weighted by molar-refractivity contribution is 6.23. The van der Waals surface area contributed by atoms with Crippen LogP contribution < -0.4 is 4.90 Å². The number of esters is 1. The van der Waals surface area contributed by atoms with E-state index in [4.69, 9.17) is 4.74 Å². The van der Waals surface area contributed by atoms with E-state index < -0.39 is 12.0 Å². The standard InChI is InChI=1S/C28H36N2O5/c1-27(2)23(28(27,3)4)25(33)29(16-15-18-9-7-6-8-10-18)21-17-22(31)30(24(21)32)20-13-11-19(12-14-20)26(34)35-5/h9,11-14,21,23H,6-8,10,15-17H2,1-5H3. The predicted molar refractivity (Wildman–Crippen MR) is 133 cm³/mol. The molecule has 2 fully saturated rings. The Hall–Kier alpha value is -2.96. The Morgan fingerprint density at radius 2 is 1.71 bits per heavy atom. The summed E-state index contributed by atoms with van der Waals surface area (Å²) in [7, 11) is 1.30. The number of carbonyl (C=O) groups excluding carboxylic acids is 4. The number of hydrogen-bond donors (Lipinski definition) is 0. The highest BCUT2D eigenvalue weighted by atomic mass is 16.5. The molecule has 0 aromatic heterocycles. The van der Waals surface area contributed by atoms with E-state index in [0.717, 1.165) is 30.6 Å². The van der Waals surface area contributed by atoms with Crippen LogP contribution in [0.4, 0.5) is 5.69 Å². The van der Waals surface area contributed by atoms with Crippen molar-refractivity contribution in [3.05, 3.63) is 41.5 Å². The molecule has 7 nitrogen and oxygen atoms in total. The molecule has 1 aromatic carbocycles. The highest BCUT2D eigenvalue weighted by Crippen LogP contribution is 2.69. The summed E-state index contributed by atoms with van der Waals surface area (Å²) in [4.78, 5) is 55.0. The third-order valence-electron chi connectivity index (χ3n) is 8.66. The van der Waals surface area contributed by atoms with Crippen molar-refractivity contribution in [2.24, 2.45) is 16.7 Å². The van der Waals surface area contributed by atoms with Crippen molar-refractivity contribution < 1.29 is 23.9 Å². The number of ether oxygens (including phenoxy) is 1. The lowest BCUT2D eigenvalue weighted by Crippen LogP contribution is -2.47. The molecule has 1 heterocycles. The van der Waals surface area contributed by atoms with Crippen molar-refractivity contribution >= 4 is 29.4 Å². The van der Waals surface area contributed by atoms with Crippen LogP contribution in [0.1, 0.15) is 76.6 Å². The lowest BCUT2D eigenvalue weighted by atomic mass is 9.96. The number of methoxy groups -OCH3 is 1. The van der Waals surface area contributed by atoms with Gasteiger partial charge >= 0.3 is 5.97 Å². The Morgan fingerprint density at radius 3 is 2.26 bits per heavy atom. The molecule has 1 aromatic rings. The van der Waals surface area contributed by atoms with Crippen molar-refractivity contribution in [3.63, 3.8) is 0 Å². The molecule has 188 valence electrons. The van der Waals surface area contributed by atoms with Crippen LogP contribution in [0.5, 0.6) is 0 Å². The highest BCUT2D eigenvalue weighted by Gasteiger charge is 2.69. The van der Waals surface area contributed by atoms with Crippen LogP contribution >= 0.6 is 0 Å².